The lowest BCUT2D eigenvalue weighted by atomic mass is 9.73. The predicted molar refractivity (Wildman–Crippen MR) is 112 cm³/mol. The van der Waals surface area contributed by atoms with E-state index >= 15 is 0 Å². The molecule has 1 heterocycles. The molecule has 1 fully saturated rings. The van der Waals surface area contributed by atoms with E-state index in [1.54, 1.807) is 11.1 Å². The molecule has 26 heavy (non-hydrogen) atoms. The van der Waals surface area contributed by atoms with E-state index in [9.17, 15) is 0 Å². The van der Waals surface area contributed by atoms with Gasteiger partial charge in [0.1, 0.15) is 0 Å². The van der Waals surface area contributed by atoms with Gasteiger partial charge in [-0.1, -0.05) is 67.4 Å². The molecule has 2 aromatic rings. The Balaban J connectivity index is 1.86. The Bertz CT molecular complexity index is 833. The molecule has 4 rings (SSSR count). The van der Waals surface area contributed by atoms with Gasteiger partial charge in [0.05, 0.1) is 0 Å². The number of aryl methyl sites for hydroxylation is 2. The van der Waals surface area contributed by atoms with Crippen molar-refractivity contribution in [2.75, 3.05) is 20.1 Å². The second kappa shape index (κ2) is 6.70. The molecule has 0 spiro atoms. The van der Waals surface area contributed by atoms with Crippen LogP contribution in [0.5, 0.6) is 0 Å². The molecule has 0 saturated carbocycles. The van der Waals surface area contributed by atoms with Gasteiger partial charge in [-0.3, -0.25) is 0 Å². The summed E-state index contributed by atoms with van der Waals surface area (Å²) in [6, 6.07) is 16.5. The van der Waals surface area contributed by atoms with Gasteiger partial charge in [-0.2, -0.15) is 0 Å². The topological polar surface area (TPSA) is 3.24 Å². The number of rotatable bonds is 2. The van der Waals surface area contributed by atoms with Crippen molar-refractivity contribution < 1.29 is 0 Å². The molecular weight excluding hydrogens is 314 g/mol. The Morgan fingerprint density at radius 2 is 1.69 bits per heavy atom. The molecule has 2 aliphatic rings. The molecule has 0 amide bonds. The monoisotopic (exact) mass is 345 g/mol. The summed E-state index contributed by atoms with van der Waals surface area (Å²) in [7, 11) is 2.25. The fourth-order valence-electron chi connectivity index (χ4n) is 4.92. The van der Waals surface area contributed by atoms with Gasteiger partial charge in [-0.15, -0.1) is 0 Å². The van der Waals surface area contributed by atoms with Crippen LogP contribution < -0.4 is 0 Å². The molecule has 0 N–H and O–H groups in total. The van der Waals surface area contributed by atoms with Crippen LogP contribution in [0, 0.1) is 6.92 Å². The van der Waals surface area contributed by atoms with Crippen LogP contribution in [0.15, 0.2) is 48.0 Å². The zero-order chi connectivity index (χ0) is 18.3. The minimum absolute atomic E-state index is 0.105. The smallest absolute Gasteiger partial charge is 0.0220 e. The Hall–Kier alpha value is -1.86. The zero-order valence-electron chi connectivity index (χ0n) is 16.7. The lowest BCUT2D eigenvalue weighted by Crippen LogP contribution is -2.29. The first-order valence-electron chi connectivity index (χ1n) is 10.1. The van der Waals surface area contributed by atoms with Gasteiger partial charge in [-0.25, -0.2) is 0 Å². The summed E-state index contributed by atoms with van der Waals surface area (Å²) in [5.41, 5.74) is 10.8. The third-order valence-electron chi connectivity index (χ3n) is 6.57. The standard InChI is InChI=1S/C25H31N/c1-5-19-7-10-22(11-8-19)25(3)17-21-9-6-18(2)16-23(21)24(25)20-12-14-26(4)15-13-20/h6-11,16H,5,12-15,17H2,1-4H3. The van der Waals surface area contributed by atoms with Crippen molar-refractivity contribution in [3.8, 4) is 0 Å². The van der Waals surface area contributed by atoms with E-state index in [0.717, 1.165) is 12.8 Å². The summed E-state index contributed by atoms with van der Waals surface area (Å²) >= 11 is 0. The average Bonchev–Trinajstić information content (AvgIpc) is 2.95. The molecule has 1 saturated heterocycles. The molecule has 0 radical (unpaired) electrons. The summed E-state index contributed by atoms with van der Waals surface area (Å²) in [6.07, 6.45) is 4.66. The van der Waals surface area contributed by atoms with Gasteiger partial charge in [0.2, 0.25) is 0 Å². The van der Waals surface area contributed by atoms with Crippen LogP contribution in [0.1, 0.15) is 54.5 Å². The highest BCUT2D eigenvalue weighted by Crippen LogP contribution is 2.51. The maximum absolute atomic E-state index is 2.48. The van der Waals surface area contributed by atoms with Crippen LogP contribution in [0.3, 0.4) is 0 Å². The number of allylic oxidation sites excluding steroid dienone is 1. The predicted octanol–water partition coefficient (Wildman–Crippen LogP) is 5.55. The van der Waals surface area contributed by atoms with Crippen molar-refractivity contribution in [1.29, 1.82) is 0 Å². The molecule has 2 aromatic carbocycles. The van der Waals surface area contributed by atoms with E-state index in [1.165, 1.54) is 53.7 Å². The summed E-state index contributed by atoms with van der Waals surface area (Å²) in [6.45, 7) is 9.30. The lowest BCUT2D eigenvalue weighted by Gasteiger charge is -2.33. The van der Waals surface area contributed by atoms with Crippen LogP contribution in [0.25, 0.3) is 5.57 Å². The number of nitrogens with zero attached hydrogens (tertiary/aromatic N) is 1. The SMILES string of the molecule is CCc1ccc(C2(C)Cc3ccc(C)cc3C2=C2CCN(C)CC2)cc1. The fourth-order valence-corrected chi connectivity index (χ4v) is 4.92. The molecule has 1 heteroatoms. The van der Waals surface area contributed by atoms with Crippen LogP contribution in [0.4, 0.5) is 0 Å². The van der Waals surface area contributed by atoms with Crippen molar-refractivity contribution in [1.82, 2.24) is 4.90 Å². The Labute approximate surface area is 158 Å². The van der Waals surface area contributed by atoms with Crippen LogP contribution in [-0.4, -0.2) is 25.0 Å². The molecule has 1 aliphatic carbocycles. The minimum atomic E-state index is 0.105. The van der Waals surface area contributed by atoms with Gasteiger partial charge < -0.3 is 4.90 Å². The second-order valence-corrected chi connectivity index (χ2v) is 8.50. The van der Waals surface area contributed by atoms with E-state index in [0.29, 0.717) is 0 Å². The molecular formula is C25H31N. The molecule has 136 valence electrons. The first kappa shape index (κ1) is 17.5. The molecule has 1 aliphatic heterocycles. The largest absolute Gasteiger partial charge is 0.306 e. The lowest BCUT2D eigenvalue weighted by molar-refractivity contribution is 0.312. The highest BCUT2D eigenvalue weighted by Gasteiger charge is 2.41. The molecule has 1 unspecified atom stereocenters. The van der Waals surface area contributed by atoms with Crippen LogP contribution >= 0.6 is 0 Å². The van der Waals surface area contributed by atoms with E-state index < -0.39 is 0 Å². The maximum atomic E-state index is 2.48. The summed E-state index contributed by atoms with van der Waals surface area (Å²) in [5.74, 6) is 0. The summed E-state index contributed by atoms with van der Waals surface area (Å²) in [4.78, 5) is 2.46. The Morgan fingerprint density at radius 1 is 1.00 bits per heavy atom. The molecule has 1 nitrogen and oxygen atoms in total. The number of piperidine rings is 1. The van der Waals surface area contributed by atoms with Gasteiger partial charge in [0.25, 0.3) is 0 Å². The number of hydrogen-bond donors (Lipinski definition) is 0. The second-order valence-electron chi connectivity index (χ2n) is 8.50. The highest BCUT2D eigenvalue weighted by molar-refractivity contribution is 5.84. The van der Waals surface area contributed by atoms with E-state index in [4.69, 9.17) is 0 Å². The first-order valence-corrected chi connectivity index (χ1v) is 10.1. The van der Waals surface area contributed by atoms with Crippen LogP contribution in [-0.2, 0) is 18.3 Å². The quantitative estimate of drug-likeness (QED) is 0.689. The average molecular weight is 346 g/mol. The molecule has 0 aromatic heterocycles. The third kappa shape index (κ3) is 2.93. The van der Waals surface area contributed by atoms with Gasteiger partial charge in [0.15, 0.2) is 0 Å². The van der Waals surface area contributed by atoms with Crippen molar-refractivity contribution in [2.45, 2.75) is 51.9 Å². The molecule has 0 bridgehead atoms. The van der Waals surface area contributed by atoms with Crippen molar-refractivity contribution in [3.05, 3.63) is 75.9 Å². The minimum Gasteiger partial charge on any atom is -0.306 e. The molecule has 1 atom stereocenters. The third-order valence-corrected chi connectivity index (χ3v) is 6.57. The Morgan fingerprint density at radius 3 is 2.35 bits per heavy atom. The Kier molecular flexibility index (Phi) is 4.52. The maximum Gasteiger partial charge on any atom is 0.0220 e. The van der Waals surface area contributed by atoms with E-state index in [2.05, 4.69) is 75.2 Å². The number of benzene rings is 2. The van der Waals surface area contributed by atoms with Crippen molar-refractivity contribution >= 4 is 5.57 Å². The van der Waals surface area contributed by atoms with Gasteiger partial charge in [0, 0.05) is 18.5 Å². The van der Waals surface area contributed by atoms with E-state index in [-0.39, 0.29) is 5.41 Å². The van der Waals surface area contributed by atoms with Crippen LogP contribution in [0.2, 0.25) is 0 Å². The number of hydrogen-bond acceptors (Lipinski definition) is 1. The summed E-state index contributed by atoms with van der Waals surface area (Å²) < 4.78 is 0. The zero-order valence-corrected chi connectivity index (χ0v) is 16.7. The van der Waals surface area contributed by atoms with Gasteiger partial charge in [-0.05, 0) is 67.5 Å². The fraction of sp³-hybridized carbons (Fsp3) is 0.440. The first-order chi connectivity index (χ1) is 12.5. The van der Waals surface area contributed by atoms with E-state index in [1.807, 2.05) is 0 Å². The number of likely N-dealkylation sites (tertiary alicyclic amines) is 1. The van der Waals surface area contributed by atoms with Crippen molar-refractivity contribution in [3.63, 3.8) is 0 Å². The number of fused-ring (bicyclic) bond motifs is 1. The van der Waals surface area contributed by atoms with Gasteiger partial charge >= 0.3 is 0 Å². The normalized spacial score (nSPS) is 23.4. The summed E-state index contributed by atoms with van der Waals surface area (Å²) in [5, 5.41) is 0. The highest BCUT2D eigenvalue weighted by atomic mass is 15.1. The van der Waals surface area contributed by atoms with Crippen molar-refractivity contribution in [2.24, 2.45) is 0 Å².